The second-order valence-corrected chi connectivity index (χ2v) is 6.55. The molecule has 2 rings (SSSR count). The molecule has 0 saturated carbocycles. The SMILES string of the molecule is Cc1ccc(N=C(NO)c2nonc2NCCNS(N)(=O)=O)cc1C. The molecular weight excluding hydrogens is 350 g/mol. The second kappa shape index (κ2) is 8.02. The average molecular weight is 369 g/mol. The van der Waals surface area contributed by atoms with E-state index in [2.05, 4.69) is 30.0 Å². The van der Waals surface area contributed by atoms with Crippen LogP contribution < -0.4 is 20.7 Å². The number of nitrogens with one attached hydrogen (secondary N) is 3. The van der Waals surface area contributed by atoms with E-state index < -0.39 is 10.2 Å². The lowest BCUT2D eigenvalue weighted by Gasteiger charge is -2.06. The van der Waals surface area contributed by atoms with Gasteiger partial charge in [0, 0.05) is 13.1 Å². The van der Waals surface area contributed by atoms with Crippen molar-refractivity contribution in [3.8, 4) is 0 Å². The highest BCUT2D eigenvalue weighted by atomic mass is 32.2. The Balaban J connectivity index is 2.14. The smallest absolute Gasteiger partial charge is 0.274 e. The maximum atomic E-state index is 10.8. The molecule has 1 heterocycles. The molecule has 0 aliphatic rings. The summed E-state index contributed by atoms with van der Waals surface area (Å²) in [6, 6.07) is 5.54. The molecule has 1 aromatic carbocycles. The van der Waals surface area contributed by atoms with Gasteiger partial charge in [-0.2, -0.15) is 8.42 Å². The number of amidine groups is 1. The largest absolute Gasteiger partial charge is 0.364 e. The number of hydrogen-bond acceptors (Lipinski definition) is 8. The highest BCUT2D eigenvalue weighted by molar-refractivity contribution is 7.87. The summed E-state index contributed by atoms with van der Waals surface area (Å²) >= 11 is 0. The number of aliphatic imine (C=N–C) groups is 1. The molecule has 25 heavy (non-hydrogen) atoms. The fourth-order valence-corrected chi connectivity index (χ4v) is 2.28. The predicted molar refractivity (Wildman–Crippen MR) is 90.9 cm³/mol. The van der Waals surface area contributed by atoms with Crippen molar-refractivity contribution in [1.29, 1.82) is 0 Å². The van der Waals surface area contributed by atoms with E-state index in [1.807, 2.05) is 31.5 Å². The van der Waals surface area contributed by atoms with Crippen molar-refractivity contribution in [2.75, 3.05) is 18.4 Å². The van der Waals surface area contributed by atoms with Crippen molar-refractivity contribution in [2.24, 2.45) is 10.1 Å². The number of aryl methyl sites for hydroxylation is 2. The third-order valence-corrected chi connectivity index (χ3v) is 3.88. The summed E-state index contributed by atoms with van der Waals surface area (Å²) in [6.07, 6.45) is 0. The van der Waals surface area contributed by atoms with Crippen LogP contribution in [0.3, 0.4) is 0 Å². The zero-order valence-electron chi connectivity index (χ0n) is 13.6. The van der Waals surface area contributed by atoms with Gasteiger partial charge in [0.2, 0.25) is 5.82 Å². The fourth-order valence-electron chi connectivity index (χ4n) is 1.89. The van der Waals surface area contributed by atoms with Crippen molar-refractivity contribution in [3.63, 3.8) is 0 Å². The van der Waals surface area contributed by atoms with Gasteiger partial charge in [-0.25, -0.2) is 19.5 Å². The lowest BCUT2D eigenvalue weighted by molar-refractivity contribution is 0.234. The Morgan fingerprint density at radius 3 is 2.68 bits per heavy atom. The van der Waals surface area contributed by atoms with Gasteiger partial charge < -0.3 is 5.32 Å². The van der Waals surface area contributed by atoms with E-state index in [9.17, 15) is 13.6 Å². The van der Waals surface area contributed by atoms with E-state index in [-0.39, 0.29) is 30.4 Å². The van der Waals surface area contributed by atoms with Crippen LogP contribution in [-0.2, 0) is 10.2 Å². The summed E-state index contributed by atoms with van der Waals surface area (Å²) in [5.41, 5.74) is 4.86. The molecule has 0 aliphatic carbocycles. The van der Waals surface area contributed by atoms with Gasteiger partial charge in [0.15, 0.2) is 11.5 Å². The van der Waals surface area contributed by atoms with Crippen LogP contribution in [-0.4, -0.2) is 42.9 Å². The van der Waals surface area contributed by atoms with Crippen molar-refractivity contribution >= 4 is 27.6 Å². The molecule has 0 fully saturated rings. The number of rotatable bonds is 7. The summed E-state index contributed by atoms with van der Waals surface area (Å²) in [5.74, 6) is 0.201. The third kappa shape index (κ3) is 5.49. The van der Waals surface area contributed by atoms with Crippen LogP contribution >= 0.6 is 0 Å². The first-order valence-corrected chi connectivity index (χ1v) is 8.75. The molecule has 12 heteroatoms. The second-order valence-electron chi connectivity index (χ2n) is 5.17. The minimum Gasteiger partial charge on any atom is -0.364 e. The third-order valence-electron chi connectivity index (χ3n) is 3.27. The van der Waals surface area contributed by atoms with Crippen LogP contribution in [0.5, 0.6) is 0 Å². The van der Waals surface area contributed by atoms with Crippen molar-refractivity contribution in [2.45, 2.75) is 13.8 Å². The van der Waals surface area contributed by atoms with E-state index in [1.54, 1.807) is 6.07 Å². The highest BCUT2D eigenvalue weighted by Crippen LogP contribution is 2.19. The predicted octanol–water partition coefficient (Wildman–Crippen LogP) is -0.0515. The Bertz CT molecular complexity index is 863. The van der Waals surface area contributed by atoms with Gasteiger partial charge in [-0.05, 0) is 47.4 Å². The molecule has 2 aromatic rings. The molecule has 6 N–H and O–H groups in total. The maximum absolute atomic E-state index is 10.8. The first kappa shape index (κ1) is 18.8. The van der Waals surface area contributed by atoms with Crippen LogP contribution in [0.2, 0.25) is 0 Å². The van der Waals surface area contributed by atoms with E-state index in [0.717, 1.165) is 11.1 Å². The van der Waals surface area contributed by atoms with Gasteiger partial charge in [0.1, 0.15) is 0 Å². The van der Waals surface area contributed by atoms with E-state index in [1.165, 1.54) is 0 Å². The standard InChI is InChI=1S/C13H19N7O4S/c1-8-3-4-10(7-9(8)2)17-13(18-21)11-12(20-24-19-11)15-5-6-16-25(14,22)23/h3-4,7,16,21H,5-6H2,1-2H3,(H,15,20)(H,17,18)(H2,14,22,23). The van der Waals surface area contributed by atoms with Crippen molar-refractivity contribution in [1.82, 2.24) is 20.5 Å². The van der Waals surface area contributed by atoms with Gasteiger partial charge in [-0.1, -0.05) is 6.07 Å². The molecule has 1 aromatic heterocycles. The lowest BCUT2D eigenvalue weighted by Crippen LogP contribution is -2.34. The van der Waals surface area contributed by atoms with Crippen LogP contribution in [0.25, 0.3) is 0 Å². The number of hydrogen-bond donors (Lipinski definition) is 5. The first-order chi connectivity index (χ1) is 11.8. The molecule has 11 nitrogen and oxygen atoms in total. The average Bonchev–Trinajstić information content (AvgIpc) is 3.00. The molecule has 0 saturated heterocycles. The fraction of sp³-hybridized carbons (Fsp3) is 0.308. The molecule has 0 spiro atoms. The Morgan fingerprint density at radius 2 is 2.04 bits per heavy atom. The molecular formula is C13H19N7O4S. The van der Waals surface area contributed by atoms with Gasteiger partial charge in [-0.15, -0.1) is 0 Å². The quantitative estimate of drug-likeness (QED) is 0.196. The molecule has 0 bridgehead atoms. The van der Waals surface area contributed by atoms with Crippen LogP contribution in [0.4, 0.5) is 11.5 Å². The Morgan fingerprint density at radius 1 is 1.28 bits per heavy atom. The highest BCUT2D eigenvalue weighted by Gasteiger charge is 2.16. The van der Waals surface area contributed by atoms with Crippen LogP contribution in [0.1, 0.15) is 16.8 Å². The number of anilines is 1. The zero-order valence-corrected chi connectivity index (χ0v) is 14.5. The Labute approximate surface area is 144 Å². The van der Waals surface area contributed by atoms with E-state index >= 15 is 0 Å². The van der Waals surface area contributed by atoms with Gasteiger partial charge >= 0.3 is 0 Å². The molecule has 0 aliphatic heterocycles. The minimum atomic E-state index is -3.77. The molecule has 0 radical (unpaired) electrons. The number of benzene rings is 1. The summed E-state index contributed by atoms with van der Waals surface area (Å²) in [6.45, 7) is 4.12. The summed E-state index contributed by atoms with van der Waals surface area (Å²) in [4.78, 5) is 4.27. The lowest BCUT2D eigenvalue weighted by atomic mass is 10.1. The number of aromatic nitrogens is 2. The molecule has 0 amide bonds. The van der Waals surface area contributed by atoms with Crippen molar-refractivity contribution in [3.05, 3.63) is 35.0 Å². The van der Waals surface area contributed by atoms with Gasteiger partial charge in [0.25, 0.3) is 10.2 Å². The number of nitrogens with two attached hydrogens (primary N) is 1. The first-order valence-electron chi connectivity index (χ1n) is 7.20. The summed E-state index contributed by atoms with van der Waals surface area (Å²) in [7, 11) is -3.77. The normalized spacial score (nSPS) is 12.2. The molecule has 136 valence electrons. The molecule has 0 unspecified atom stereocenters. The van der Waals surface area contributed by atoms with Crippen LogP contribution in [0, 0.1) is 13.8 Å². The number of nitrogens with zero attached hydrogens (tertiary/aromatic N) is 3. The van der Waals surface area contributed by atoms with E-state index in [0.29, 0.717) is 5.69 Å². The molecule has 0 atom stereocenters. The monoisotopic (exact) mass is 369 g/mol. The Kier molecular flexibility index (Phi) is 6.03. The zero-order chi connectivity index (χ0) is 18.4. The van der Waals surface area contributed by atoms with Crippen molar-refractivity contribution < 1.29 is 18.3 Å². The van der Waals surface area contributed by atoms with Gasteiger partial charge in [-0.3, -0.25) is 10.7 Å². The maximum Gasteiger partial charge on any atom is 0.274 e. The number of hydroxylamine groups is 1. The van der Waals surface area contributed by atoms with Gasteiger partial charge in [0.05, 0.1) is 5.69 Å². The summed E-state index contributed by atoms with van der Waals surface area (Å²) in [5, 5.41) is 24.3. The van der Waals surface area contributed by atoms with E-state index in [4.69, 9.17) is 5.14 Å². The topological polar surface area (TPSA) is 168 Å². The minimum absolute atomic E-state index is 0.0198. The summed E-state index contributed by atoms with van der Waals surface area (Å²) < 4.78 is 28.4. The van der Waals surface area contributed by atoms with Crippen LogP contribution in [0.15, 0.2) is 27.8 Å². The Hall–Kier alpha value is -2.54.